The van der Waals surface area contributed by atoms with Gasteiger partial charge in [0, 0.05) is 55.9 Å². The quantitative estimate of drug-likeness (QED) is 0.306. The number of carbonyl (C=O) groups is 1. The average molecular weight is 616 g/mol. The largest absolute Gasteiger partial charge is 0.378 e. The first kappa shape index (κ1) is 30.0. The highest BCUT2D eigenvalue weighted by molar-refractivity contribution is 7.90. The summed E-state index contributed by atoms with van der Waals surface area (Å²) >= 11 is 0. The van der Waals surface area contributed by atoms with E-state index in [2.05, 4.69) is 22.3 Å². The number of nitrogens with zero attached hydrogens (tertiary/aromatic N) is 4. The van der Waals surface area contributed by atoms with Crippen molar-refractivity contribution in [3.05, 3.63) is 96.4 Å². The minimum absolute atomic E-state index is 0.139. The number of carbonyl (C=O) groups excluding carboxylic acids is 1. The molecule has 4 aromatic rings. The summed E-state index contributed by atoms with van der Waals surface area (Å²) < 4.78 is 37.1. The number of sulfone groups is 1. The number of hydrogen-bond acceptors (Lipinski definition) is 8. The van der Waals surface area contributed by atoms with E-state index in [0.29, 0.717) is 51.8 Å². The molecular weight excluding hydrogens is 578 g/mol. The van der Waals surface area contributed by atoms with Gasteiger partial charge >= 0.3 is 0 Å². The summed E-state index contributed by atoms with van der Waals surface area (Å²) in [6, 6.07) is 24.7. The molecule has 2 fully saturated rings. The Bertz CT molecular complexity index is 1690. The van der Waals surface area contributed by atoms with Crippen LogP contribution in [0.2, 0.25) is 0 Å². The molecular formula is C33H37N5O5S. The maximum atomic E-state index is 14.2. The molecule has 6 rings (SSSR count). The summed E-state index contributed by atoms with van der Waals surface area (Å²) in [6.45, 7) is 5.52. The van der Waals surface area contributed by atoms with Gasteiger partial charge in [-0.05, 0) is 35.9 Å². The van der Waals surface area contributed by atoms with Crippen LogP contribution in [0.3, 0.4) is 0 Å². The number of rotatable bonds is 9. The molecule has 3 aromatic carbocycles. The Morgan fingerprint density at radius 1 is 0.977 bits per heavy atom. The van der Waals surface area contributed by atoms with Crippen LogP contribution in [0.4, 0.5) is 5.69 Å². The molecule has 0 unspecified atom stereocenters. The molecule has 11 heteroatoms. The van der Waals surface area contributed by atoms with Gasteiger partial charge in [-0.25, -0.2) is 13.4 Å². The Morgan fingerprint density at radius 2 is 1.73 bits per heavy atom. The van der Waals surface area contributed by atoms with E-state index >= 15 is 0 Å². The molecule has 1 atom stereocenters. The molecule has 0 saturated carbocycles. The predicted octanol–water partition coefficient (Wildman–Crippen LogP) is 3.41. The summed E-state index contributed by atoms with van der Waals surface area (Å²) in [6.07, 6.45) is 2.93. The zero-order valence-corrected chi connectivity index (χ0v) is 25.6. The van der Waals surface area contributed by atoms with E-state index in [1.165, 1.54) is 6.26 Å². The van der Waals surface area contributed by atoms with Crippen molar-refractivity contribution in [2.24, 2.45) is 0 Å². The summed E-state index contributed by atoms with van der Waals surface area (Å²) in [4.78, 5) is 23.4. The topological polar surface area (TPSA) is 106 Å². The van der Waals surface area contributed by atoms with Crippen LogP contribution in [0.1, 0.15) is 16.1 Å². The lowest BCUT2D eigenvalue weighted by molar-refractivity contribution is 0.0310. The summed E-state index contributed by atoms with van der Waals surface area (Å²) in [5.41, 5.74) is 4.96. The van der Waals surface area contributed by atoms with Crippen molar-refractivity contribution in [2.45, 2.75) is 17.5 Å². The molecule has 2 aliphatic rings. The number of ether oxygens (including phenoxy) is 2. The van der Waals surface area contributed by atoms with E-state index in [1.54, 1.807) is 30.6 Å². The van der Waals surface area contributed by atoms with Crippen molar-refractivity contribution in [2.75, 3.05) is 63.7 Å². The molecule has 0 spiro atoms. The molecule has 0 radical (unpaired) electrons. The summed E-state index contributed by atoms with van der Waals surface area (Å²) in [7, 11) is -3.26. The van der Waals surface area contributed by atoms with Gasteiger partial charge in [0.05, 0.1) is 43.1 Å². The van der Waals surface area contributed by atoms with Crippen molar-refractivity contribution >= 4 is 21.4 Å². The Kier molecular flexibility index (Phi) is 9.08. The van der Waals surface area contributed by atoms with Gasteiger partial charge in [-0.3, -0.25) is 9.36 Å². The number of piperazine rings is 1. The maximum absolute atomic E-state index is 14.2. The van der Waals surface area contributed by atoms with Gasteiger partial charge in [0.15, 0.2) is 15.5 Å². The van der Waals surface area contributed by atoms with Crippen LogP contribution >= 0.6 is 0 Å². The number of aromatic nitrogens is 2. The summed E-state index contributed by atoms with van der Waals surface area (Å²) in [5, 5.41) is 3.38. The highest BCUT2D eigenvalue weighted by atomic mass is 32.2. The number of benzene rings is 3. The molecule has 1 aromatic heterocycles. The van der Waals surface area contributed by atoms with Crippen LogP contribution in [0.15, 0.2) is 90.1 Å². The Morgan fingerprint density at radius 3 is 2.48 bits per heavy atom. The third-order valence-electron chi connectivity index (χ3n) is 8.04. The van der Waals surface area contributed by atoms with Crippen LogP contribution in [-0.4, -0.2) is 93.6 Å². The Balaban J connectivity index is 1.24. The predicted molar refractivity (Wildman–Crippen MR) is 169 cm³/mol. The first-order valence-corrected chi connectivity index (χ1v) is 16.7. The van der Waals surface area contributed by atoms with Gasteiger partial charge in [0.2, 0.25) is 0 Å². The van der Waals surface area contributed by atoms with Gasteiger partial charge in [-0.1, -0.05) is 48.5 Å². The molecule has 2 aliphatic heterocycles. The fourth-order valence-corrected chi connectivity index (χ4v) is 6.32. The standard InChI is InChI=1S/C33H37N5O5S/c1-44(40,41)30-12-10-25(11-13-30)22-43-23-29-21-34-14-15-37(29)33(39)31-32(26-6-3-2-4-7-26)38(24-35-31)28-9-5-8-27(20-28)36-16-18-42-19-17-36/h2-13,20,24,29,34H,14-19,21-23H2,1H3/t29-/m0/s1. The van der Waals surface area contributed by atoms with Crippen LogP contribution in [-0.2, 0) is 25.9 Å². The smallest absolute Gasteiger partial charge is 0.275 e. The molecule has 1 N–H and O–H groups in total. The number of anilines is 1. The molecule has 3 heterocycles. The fourth-order valence-electron chi connectivity index (χ4n) is 5.69. The van der Waals surface area contributed by atoms with Crippen LogP contribution in [0.25, 0.3) is 16.9 Å². The molecule has 230 valence electrons. The molecule has 1 amide bonds. The maximum Gasteiger partial charge on any atom is 0.275 e. The van der Waals surface area contributed by atoms with Crippen molar-refractivity contribution in [3.63, 3.8) is 0 Å². The molecule has 0 aliphatic carbocycles. The monoisotopic (exact) mass is 615 g/mol. The van der Waals surface area contributed by atoms with Gasteiger partial charge in [0.1, 0.15) is 6.33 Å². The lowest BCUT2D eigenvalue weighted by Gasteiger charge is -2.36. The number of hydrogen-bond donors (Lipinski definition) is 1. The second-order valence-corrected chi connectivity index (χ2v) is 13.1. The highest BCUT2D eigenvalue weighted by Gasteiger charge is 2.32. The van der Waals surface area contributed by atoms with Gasteiger partial charge in [0.25, 0.3) is 5.91 Å². The lowest BCUT2D eigenvalue weighted by atomic mass is 10.1. The minimum atomic E-state index is -3.26. The zero-order valence-electron chi connectivity index (χ0n) is 24.8. The minimum Gasteiger partial charge on any atom is -0.378 e. The van der Waals surface area contributed by atoms with Crippen LogP contribution < -0.4 is 10.2 Å². The van der Waals surface area contributed by atoms with Crippen molar-refractivity contribution in [1.29, 1.82) is 0 Å². The Labute approximate surface area is 258 Å². The number of morpholine rings is 1. The van der Waals surface area contributed by atoms with Crippen LogP contribution in [0.5, 0.6) is 0 Å². The fraction of sp³-hybridized carbons (Fsp3) is 0.333. The molecule has 10 nitrogen and oxygen atoms in total. The van der Waals surface area contributed by atoms with E-state index in [0.717, 1.165) is 41.3 Å². The van der Waals surface area contributed by atoms with Gasteiger partial charge < -0.3 is 24.6 Å². The van der Waals surface area contributed by atoms with E-state index in [1.807, 2.05) is 51.9 Å². The van der Waals surface area contributed by atoms with Crippen molar-refractivity contribution in [3.8, 4) is 16.9 Å². The molecule has 44 heavy (non-hydrogen) atoms. The van der Waals surface area contributed by atoms with E-state index in [-0.39, 0.29) is 16.8 Å². The van der Waals surface area contributed by atoms with E-state index in [4.69, 9.17) is 14.5 Å². The first-order chi connectivity index (χ1) is 21.4. The molecule has 2 saturated heterocycles. The number of nitrogens with one attached hydrogen (secondary N) is 1. The number of imidazole rings is 1. The number of amides is 1. The van der Waals surface area contributed by atoms with Crippen LogP contribution in [0, 0.1) is 0 Å². The van der Waals surface area contributed by atoms with E-state index in [9.17, 15) is 13.2 Å². The SMILES string of the molecule is CS(=O)(=O)c1ccc(COC[C@@H]2CNCCN2C(=O)c2ncn(-c3cccc(N4CCOCC4)c3)c2-c2ccccc2)cc1. The normalized spacial score (nSPS) is 17.5. The first-order valence-electron chi connectivity index (χ1n) is 14.8. The van der Waals surface area contributed by atoms with Crippen molar-refractivity contribution in [1.82, 2.24) is 19.8 Å². The van der Waals surface area contributed by atoms with Crippen molar-refractivity contribution < 1.29 is 22.7 Å². The highest BCUT2D eigenvalue weighted by Crippen LogP contribution is 2.30. The second-order valence-electron chi connectivity index (χ2n) is 11.1. The Hall–Kier alpha value is -4.03. The zero-order chi connectivity index (χ0) is 30.5. The van der Waals surface area contributed by atoms with Gasteiger partial charge in [-0.2, -0.15) is 0 Å². The summed E-state index contributed by atoms with van der Waals surface area (Å²) in [5.74, 6) is -0.139. The lowest BCUT2D eigenvalue weighted by Crippen LogP contribution is -2.55. The average Bonchev–Trinajstić information content (AvgIpc) is 3.51. The molecule has 0 bridgehead atoms. The van der Waals surface area contributed by atoms with Gasteiger partial charge in [-0.15, -0.1) is 0 Å². The third kappa shape index (κ3) is 6.71. The van der Waals surface area contributed by atoms with E-state index < -0.39 is 9.84 Å². The second kappa shape index (κ2) is 13.3. The third-order valence-corrected chi connectivity index (χ3v) is 9.17.